The number of benzene rings is 3. The van der Waals surface area contributed by atoms with Crippen molar-refractivity contribution in [3.63, 3.8) is 0 Å². The molecule has 3 aromatic carbocycles. The Balaban J connectivity index is 1.22. The highest BCUT2D eigenvalue weighted by atomic mass is 16.5. The van der Waals surface area contributed by atoms with Gasteiger partial charge in [0, 0.05) is 32.0 Å². The van der Waals surface area contributed by atoms with E-state index in [2.05, 4.69) is 29.6 Å². The fraction of sp³-hybridized carbons (Fsp3) is 0.382. The van der Waals surface area contributed by atoms with Gasteiger partial charge >= 0.3 is 12.1 Å². The molecule has 0 radical (unpaired) electrons. The van der Waals surface area contributed by atoms with Gasteiger partial charge in [0.05, 0.1) is 6.42 Å². The number of alkyl carbamates (subject to hydrolysis) is 1. The van der Waals surface area contributed by atoms with Crippen LogP contribution in [-0.2, 0) is 20.9 Å². The first-order chi connectivity index (χ1) is 19.9. The van der Waals surface area contributed by atoms with Crippen molar-refractivity contribution in [3.8, 4) is 11.1 Å². The second kappa shape index (κ2) is 13.0. The SMILES string of the molecule is O=C(O)CCN(Cc1ccccc1)C(=O)CC1(CNC(=O)OCC2c3ccccc3-c3ccccc32)CCCCC1. The molecule has 41 heavy (non-hydrogen) atoms. The molecule has 7 heteroatoms. The second-order valence-electron chi connectivity index (χ2n) is 11.4. The Kier molecular flexibility index (Phi) is 9.02. The number of nitrogens with zero attached hydrogens (tertiary/aromatic N) is 1. The third kappa shape index (κ3) is 6.96. The first-order valence-corrected chi connectivity index (χ1v) is 14.6. The topological polar surface area (TPSA) is 95.9 Å². The number of amides is 2. The van der Waals surface area contributed by atoms with E-state index < -0.39 is 12.1 Å². The normalized spacial score (nSPS) is 15.4. The van der Waals surface area contributed by atoms with Gasteiger partial charge in [0.25, 0.3) is 0 Å². The van der Waals surface area contributed by atoms with Gasteiger partial charge in [0.2, 0.25) is 5.91 Å². The number of hydrogen-bond donors (Lipinski definition) is 2. The zero-order valence-electron chi connectivity index (χ0n) is 23.4. The lowest BCUT2D eigenvalue weighted by Crippen LogP contribution is -2.44. The molecule has 3 aromatic rings. The van der Waals surface area contributed by atoms with Gasteiger partial charge in [-0.05, 0) is 46.1 Å². The summed E-state index contributed by atoms with van der Waals surface area (Å²) in [7, 11) is 0. The monoisotopic (exact) mass is 554 g/mol. The van der Waals surface area contributed by atoms with Crippen LogP contribution >= 0.6 is 0 Å². The standard InChI is InChI=1S/C34H38N2O5/c37-31(36(20-17-32(38)39)22-25-11-3-1-4-12-25)21-34(18-9-2-10-19-34)24-35-33(40)41-23-30-28-15-7-5-13-26(28)27-14-6-8-16-29(27)30/h1,3-8,11-16,30H,2,9-10,17-24H2,(H,35,40)(H,38,39). The van der Waals surface area contributed by atoms with Crippen molar-refractivity contribution in [2.45, 2.75) is 57.4 Å². The summed E-state index contributed by atoms with van der Waals surface area (Å²) in [6.07, 6.45) is 4.44. The van der Waals surface area contributed by atoms with Gasteiger partial charge in [-0.3, -0.25) is 9.59 Å². The first kappa shape index (κ1) is 28.4. The molecule has 0 heterocycles. The Labute approximate surface area is 241 Å². The van der Waals surface area contributed by atoms with Crippen LogP contribution in [0.25, 0.3) is 11.1 Å². The number of carbonyl (C=O) groups is 3. The lowest BCUT2D eigenvalue weighted by Gasteiger charge is -2.38. The van der Waals surface area contributed by atoms with E-state index in [-0.39, 0.29) is 43.2 Å². The summed E-state index contributed by atoms with van der Waals surface area (Å²) in [4.78, 5) is 39.5. The molecule has 7 nitrogen and oxygen atoms in total. The number of carboxylic acid groups (broad SMARTS) is 1. The molecule has 2 aliphatic rings. The molecule has 0 spiro atoms. The van der Waals surface area contributed by atoms with Crippen LogP contribution in [0.3, 0.4) is 0 Å². The van der Waals surface area contributed by atoms with Crippen LogP contribution in [0.4, 0.5) is 4.79 Å². The summed E-state index contributed by atoms with van der Waals surface area (Å²) in [5.41, 5.74) is 5.27. The van der Waals surface area contributed by atoms with E-state index in [4.69, 9.17) is 4.74 Å². The smallest absolute Gasteiger partial charge is 0.407 e. The number of ether oxygens (including phenoxy) is 1. The Bertz CT molecular complexity index is 1320. The highest BCUT2D eigenvalue weighted by molar-refractivity contribution is 5.79. The zero-order valence-corrected chi connectivity index (χ0v) is 23.4. The van der Waals surface area contributed by atoms with Gasteiger partial charge in [-0.1, -0.05) is 98.1 Å². The van der Waals surface area contributed by atoms with Gasteiger partial charge in [0.15, 0.2) is 0 Å². The minimum Gasteiger partial charge on any atom is -0.481 e. The number of fused-ring (bicyclic) bond motifs is 3. The van der Waals surface area contributed by atoms with E-state index >= 15 is 0 Å². The minimum absolute atomic E-state index is 0.0147. The number of carboxylic acids is 1. The number of hydrogen-bond acceptors (Lipinski definition) is 4. The molecule has 0 saturated heterocycles. The Morgan fingerprint density at radius 1 is 0.854 bits per heavy atom. The molecule has 1 saturated carbocycles. The van der Waals surface area contributed by atoms with Crippen molar-refractivity contribution >= 4 is 18.0 Å². The fourth-order valence-electron chi connectivity index (χ4n) is 6.39. The Morgan fingerprint density at radius 3 is 2.10 bits per heavy atom. The molecular formula is C34H38N2O5. The van der Waals surface area contributed by atoms with Gasteiger partial charge < -0.3 is 20.1 Å². The van der Waals surface area contributed by atoms with Crippen LogP contribution < -0.4 is 5.32 Å². The van der Waals surface area contributed by atoms with Crippen LogP contribution in [0, 0.1) is 5.41 Å². The molecule has 0 unspecified atom stereocenters. The maximum absolute atomic E-state index is 13.6. The van der Waals surface area contributed by atoms with Crippen LogP contribution in [0.2, 0.25) is 0 Å². The summed E-state index contributed by atoms with van der Waals surface area (Å²) in [5.74, 6) is -1.02. The van der Waals surface area contributed by atoms with E-state index in [0.29, 0.717) is 13.1 Å². The number of aliphatic carboxylic acids is 1. The molecule has 214 valence electrons. The molecule has 0 aromatic heterocycles. The van der Waals surface area contributed by atoms with Gasteiger partial charge in [-0.25, -0.2) is 4.79 Å². The molecule has 0 atom stereocenters. The first-order valence-electron chi connectivity index (χ1n) is 14.6. The van der Waals surface area contributed by atoms with E-state index in [1.165, 1.54) is 11.1 Å². The van der Waals surface area contributed by atoms with Gasteiger partial charge in [-0.2, -0.15) is 0 Å². The summed E-state index contributed by atoms with van der Waals surface area (Å²) in [6, 6.07) is 26.1. The quantitative estimate of drug-likeness (QED) is 0.287. The van der Waals surface area contributed by atoms with E-state index in [9.17, 15) is 19.5 Å². The molecule has 0 aliphatic heterocycles. The summed E-state index contributed by atoms with van der Waals surface area (Å²) in [6.45, 7) is 1.11. The predicted octanol–water partition coefficient (Wildman–Crippen LogP) is 6.37. The van der Waals surface area contributed by atoms with E-state index in [1.807, 2.05) is 54.6 Å². The molecule has 5 rings (SSSR count). The molecule has 2 amide bonds. The minimum atomic E-state index is -0.930. The van der Waals surface area contributed by atoms with Crippen molar-refractivity contribution in [2.75, 3.05) is 19.7 Å². The molecule has 2 N–H and O–H groups in total. The van der Waals surface area contributed by atoms with Crippen LogP contribution in [0.1, 0.15) is 67.6 Å². The van der Waals surface area contributed by atoms with Crippen LogP contribution in [0.15, 0.2) is 78.9 Å². The van der Waals surface area contributed by atoms with E-state index in [1.54, 1.807) is 4.90 Å². The third-order valence-electron chi connectivity index (χ3n) is 8.56. The van der Waals surface area contributed by atoms with Crippen molar-refractivity contribution in [3.05, 3.63) is 95.6 Å². The number of carbonyl (C=O) groups excluding carboxylic acids is 2. The maximum atomic E-state index is 13.6. The third-order valence-corrected chi connectivity index (χ3v) is 8.56. The Hall–Kier alpha value is -4.13. The summed E-state index contributed by atoms with van der Waals surface area (Å²) < 4.78 is 5.76. The van der Waals surface area contributed by atoms with Crippen molar-refractivity contribution in [2.24, 2.45) is 5.41 Å². The average molecular weight is 555 g/mol. The molecule has 0 bridgehead atoms. The summed E-state index contributed by atoms with van der Waals surface area (Å²) in [5, 5.41) is 12.2. The highest BCUT2D eigenvalue weighted by Gasteiger charge is 2.37. The average Bonchev–Trinajstić information content (AvgIpc) is 3.31. The van der Waals surface area contributed by atoms with Crippen LogP contribution in [0.5, 0.6) is 0 Å². The molecular weight excluding hydrogens is 516 g/mol. The number of rotatable bonds is 11. The zero-order chi connectivity index (χ0) is 28.7. The van der Waals surface area contributed by atoms with Gasteiger partial charge in [-0.15, -0.1) is 0 Å². The van der Waals surface area contributed by atoms with Crippen molar-refractivity contribution < 1.29 is 24.2 Å². The maximum Gasteiger partial charge on any atom is 0.407 e. The van der Waals surface area contributed by atoms with Crippen molar-refractivity contribution in [1.82, 2.24) is 10.2 Å². The second-order valence-corrected chi connectivity index (χ2v) is 11.4. The van der Waals surface area contributed by atoms with E-state index in [0.717, 1.165) is 48.8 Å². The predicted molar refractivity (Wildman–Crippen MR) is 157 cm³/mol. The largest absolute Gasteiger partial charge is 0.481 e. The lowest BCUT2D eigenvalue weighted by atomic mass is 9.71. The van der Waals surface area contributed by atoms with Crippen LogP contribution in [-0.4, -0.2) is 47.7 Å². The lowest BCUT2D eigenvalue weighted by molar-refractivity contribution is -0.139. The summed E-state index contributed by atoms with van der Waals surface area (Å²) >= 11 is 0. The number of nitrogens with one attached hydrogen (secondary N) is 1. The molecule has 1 fully saturated rings. The fourth-order valence-corrected chi connectivity index (χ4v) is 6.39. The molecule has 2 aliphatic carbocycles. The van der Waals surface area contributed by atoms with Gasteiger partial charge in [0.1, 0.15) is 6.61 Å². The van der Waals surface area contributed by atoms with Crippen molar-refractivity contribution in [1.29, 1.82) is 0 Å². The highest BCUT2D eigenvalue weighted by Crippen LogP contribution is 2.44. The Morgan fingerprint density at radius 2 is 1.46 bits per heavy atom.